The van der Waals surface area contributed by atoms with Gasteiger partial charge in [-0.3, -0.25) is 4.79 Å². The van der Waals surface area contributed by atoms with Gasteiger partial charge in [0, 0.05) is 11.8 Å². The predicted molar refractivity (Wildman–Crippen MR) is 121 cm³/mol. The van der Waals surface area contributed by atoms with Crippen LogP contribution in [0.25, 0.3) is 0 Å². The lowest BCUT2D eigenvalue weighted by atomic mass is 9.54. The molecule has 5 unspecified atom stereocenters. The number of ether oxygens (including phenoxy) is 1. The van der Waals surface area contributed by atoms with Crippen LogP contribution in [-0.2, 0) is 17.8 Å². The standard InChI is InChI=1S/C28H32O2/c1-3-7-21-17-26(29)28(2)15-14-24-23-13-11-22(30-18-19-8-5-4-6-9-19)16-20(23)10-12-25(24)27(21)28/h3-6,8-9,11,13,16,21,24-25,27H,1,7,10,12,14-15,17-18H2,2H3. The fraction of sp³-hybridized carbons (Fsp3) is 0.464. The topological polar surface area (TPSA) is 26.3 Å². The monoisotopic (exact) mass is 400 g/mol. The minimum atomic E-state index is -0.106. The molecule has 0 heterocycles. The molecule has 2 heteroatoms. The molecule has 156 valence electrons. The molecule has 0 saturated heterocycles. The molecule has 3 aliphatic carbocycles. The van der Waals surface area contributed by atoms with Gasteiger partial charge in [-0.2, -0.15) is 0 Å². The molecule has 5 atom stereocenters. The average molecular weight is 401 g/mol. The van der Waals surface area contributed by atoms with Crippen molar-refractivity contribution in [1.29, 1.82) is 0 Å². The van der Waals surface area contributed by atoms with Crippen molar-refractivity contribution in [3.8, 4) is 5.75 Å². The molecular weight excluding hydrogens is 368 g/mol. The minimum absolute atomic E-state index is 0.106. The van der Waals surface area contributed by atoms with E-state index in [4.69, 9.17) is 4.74 Å². The fourth-order valence-corrected chi connectivity index (χ4v) is 6.88. The number of carbonyl (C=O) groups excluding carboxylic acids is 1. The van der Waals surface area contributed by atoms with Crippen LogP contribution < -0.4 is 4.74 Å². The number of hydrogen-bond acceptors (Lipinski definition) is 2. The highest BCUT2D eigenvalue weighted by Gasteiger charge is 2.58. The molecule has 2 saturated carbocycles. The van der Waals surface area contributed by atoms with E-state index in [-0.39, 0.29) is 5.41 Å². The Morgan fingerprint density at radius 1 is 1.17 bits per heavy atom. The summed E-state index contributed by atoms with van der Waals surface area (Å²) in [4.78, 5) is 12.9. The number of hydrogen-bond donors (Lipinski definition) is 0. The van der Waals surface area contributed by atoms with Gasteiger partial charge in [0.05, 0.1) is 0 Å². The van der Waals surface area contributed by atoms with E-state index in [1.807, 2.05) is 12.1 Å². The van der Waals surface area contributed by atoms with Crippen LogP contribution in [0.2, 0.25) is 0 Å². The summed E-state index contributed by atoms with van der Waals surface area (Å²) in [6, 6.07) is 17.1. The van der Waals surface area contributed by atoms with Gasteiger partial charge in [0.15, 0.2) is 0 Å². The second-order valence-electron chi connectivity index (χ2n) is 9.84. The van der Waals surface area contributed by atoms with E-state index in [2.05, 4.69) is 56.0 Å². The normalized spacial score (nSPS) is 32.1. The molecule has 2 aromatic rings. The number of fused-ring (bicyclic) bond motifs is 5. The summed E-state index contributed by atoms with van der Waals surface area (Å²) in [5.41, 5.74) is 4.05. The van der Waals surface area contributed by atoms with Crippen molar-refractivity contribution in [2.75, 3.05) is 0 Å². The SMILES string of the molecule is C=CCC1CC(=O)C2(C)CCC3c4ccc(OCc5ccccc5)cc4CCC3C12. The summed E-state index contributed by atoms with van der Waals surface area (Å²) >= 11 is 0. The Bertz CT molecular complexity index is 946. The highest BCUT2D eigenvalue weighted by atomic mass is 16.5. The van der Waals surface area contributed by atoms with E-state index in [0.717, 1.165) is 37.9 Å². The van der Waals surface area contributed by atoms with Gasteiger partial charge in [0.2, 0.25) is 0 Å². The van der Waals surface area contributed by atoms with Crippen LogP contribution in [0.1, 0.15) is 61.6 Å². The van der Waals surface area contributed by atoms with Crippen LogP contribution in [-0.4, -0.2) is 5.78 Å². The van der Waals surface area contributed by atoms with E-state index in [1.54, 1.807) is 0 Å². The molecule has 2 fully saturated rings. The average Bonchev–Trinajstić information content (AvgIpc) is 3.03. The third-order valence-electron chi connectivity index (χ3n) is 8.26. The third kappa shape index (κ3) is 3.21. The molecule has 2 nitrogen and oxygen atoms in total. The number of carbonyl (C=O) groups is 1. The summed E-state index contributed by atoms with van der Waals surface area (Å²) in [7, 11) is 0. The third-order valence-corrected chi connectivity index (χ3v) is 8.26. The quantitative estimate of drug-likeness (QED) is 0.536. The highest BCUT2D eigenvalue weighted by molar-refractivity contribution is 5.87. The fourth-order valence-electron chi connectivity index (χ4n) is 6.88. The van der Waals surface area contributed by atoms with Crippen molar-refractivity contribution in [3.63, 3.8) is 0 Å². The van der Waals surface area contributed by atoms with Crippen molar-refractivity contribution in [2.45, 2.75) is 58.0 Å². The summed E-state index contributed by atoms with van der Waals surface area (Å²) in [5.74, 6) is 3.70. The second kappa shape index (κ2) is 7.72. The first-order valence-corrected chi connectivity index (χ1v) is 11.5. The van der Waals surface area contributed by atoms with Crippen molar-refractivity contribution in [3.05, 3.63) is 77.9 Å². The molecule has 0 spiro atoms. The summed E-state index contributed by atoms with van der Waals surface area (Å²) < 4.78 is 6.09. The molecule has 30 heavy (non-hydrogen) atoms. The van der Waals surface area contributed by atoms with Crippen LogP contribution in [0, 0.1) is 23.2 Å². The zero-order chi connectivity index (χ0) is 20.7. The number of allylic oxidation sites excluding steroid dienone is 1. The smallest absolute Gasteiger partial charge is 0.139 e. The lowest BCUT2D eigenvalue weighted by Gasteiger charge is -2.49. The molecular formula is C28H32O2. The lowest BCUT2D eigenvalue weighted by Crippen LogP contribution is -2.44. The Labute approximate surface area is 180 Å². The minimum Gasteiger partial charge on any atom is -0.489 e. The van der Waals surface area contributed by atoms with Crippen LogP contribution >= 0.6 is 0 Å². The molecule has 5 rings (SSSR count). The van der Waals surface area contributed by atoms with Gasteiger partial charge in [-0.1, -0.05) is 49.4 Å². The van der Waals surface area contributed by atoms with Gasteiger partial charge in [-0.15, -0.1) is 6.58 Å². The van der Waals surface area contributed by atoms with E-state index in [9.17, 15) is 4.79 Å². The van der Waals surface area contributed by atoms with E-state index in [0.29, 0.717) is 36.1 Å². The van der Waals surface area contributed by atoms with E-state index >= 15 is 0 Å². The van der Waals surface area contributed by atoms with E-state index in [1.165, 1.54) is 23.1 Å². The first-order chi connectivity index (χ1) is 14.6. The molecule has 0 N–H and O–H groups in total. The number of rotatable bonds is 5. The first-order valence-electron chi connectivity index (χ1n) is 11.5. The maximum absolute atomic E-state index is 12.9. The zero-order valence-electron chi connectivity index (χ0n) is 18.0. The lowest BCUT2D eigenvalue weighted by molar-refractivity contribution is -0.129. The summed E-state index contributed by atoms with van der Waals surface area (Å²) in [6.07, 6.45) is 8.24. The molecule has 0 aliphatic heterocycles. The van der Waals surface area contributed by atoms with Gasteiger partial charge < -0.3 is 4.74 Å². The maximum atomic E-state index is 12.9. The first kappa shape index (κ1) is 19.6. The van der Waals surface area contributed by atoms with Gasteiger partial charge in [-0.05, 0) is 84.6 Å². The molecule has 0 radical (unpaired) electrons. The van der Waals surface area contributed by atoms with Crippen molar-refractivity contribution in [1.82, 2.24) is 0 Å². The number of ketones is 1. The van der Waals surface area contributed by atoms with Crippen LogP contribution in [0.15, 0.2) is 61.2 Å². The van der Waals surface area contributed by atoms with Crippen LogP contribution in [0.5, 0.6) is 5.75 Å². The Balaban J connectivity index is 1.37. The van der Waals surface area contributed by atoms with Crippen molar-refractivity contribution >= 4 is 5.78 Å². The second-order valence-corrected chi connectivity index (χ2v) is 9.84. The van der Waals surface area contributed by atoms with Gasteiger partial charge in [0.25, 0.3) is 0 Å². The largest absolute Gasteiger partial charge is 0.489 e. The number of aryl methyl sites for hydroxylation is 1. The zero-order valence-corrected chi connectivity index (χ0v) is 18.0. The Hall–Kier alpha value is -2.35. The molecule has 2 aromatic carbocycles. The van der Waals surface area contributed by atoms with Crippen molar-refractivity contribution < 1.29 is 9.53 Å². The Morgan fingerprint density at radius 2 is 2.00 bits per heavy atom. The summed E-state index contributed by atoms with van der Waals surface area (Å²) in [5, 5.41) is 0. The molecule has 3 aliphatic rings. The number of Topliss-reactive ketones (excluding diaryl/α,β-unsaturated/α-hetero) is 1. The highest BCUT2D eigenvalue weighted by Crippen LogP contribution is 2.62. The van der Waals surface area contributed by atoms with Crippen LogP contribution in [0.4, 0.5) is 0 Å². The Kier molecular flexibility index (Phi) is 5.05. The molecule has 0 bridgehead atoms. The van der Waals surface area contributed by atoms with Crippen LogP contribution in [0.3, 0.4) is 0 Å². The number of benzene rings is 2. The molecule has 0 aromatic heterocycles. The van der Waals surface area contributed by atoms with Crippen molar-refractivity contribution in [2.24, 2.45) is 23.2 Å². The maximum Gasteiger partial charge on any atom is 0.139 e. The Morgan fingerprint density at radius 3 is 2.80 bits per heavy atom. The summed E-state index contributed by atoms with van der Waals surface area (Å²) in [6.45, 7) is 6.84. The van der Waals surface area contributed by atoms with Gasteiger partial charge in [0.1, 0.15) is 18.1 Å². The molecule has 0 amide bonds. The van der Waals surface area contributed by atoms with Gasteiger partial charge >= 0.3 is 0 Å². The predicted octanol–water partition coefficient (Wildman–Crippen LogP) is 6.49. The van der Waals surface area contributed by atoms with Gasteiger partial charge in [-0.25, -0.2) is 0 Å². The van der Waals surface area contributed by atoms with E-state index < -0.39 is 0 Å².